The quantitative estimate of drug-likeness (QED) is 0.183. The molecule has 2 aliphatic rings. The zero-order valence-corrected chi connectivity index (χ0v) is 26.4. The first kappa shape index (κ1) is 31.8. The Morgan fingerprint density at radius 3 is 2.51 bits per heavy atom. The van der Waals surface area contributed by atoms with Crippen LogP contribution in [-0.4, -0.2) is 78.7 Å². The summed E-state index contributed by atoms with van der Waals surface area (Å²) >= 11 is 0. The van der Waals surface area contributed by atoms with E-state index in [0.717, 1.165) is 18.6 Å². The summed E-state index contributed by atoms with van der Waals surface area (Å²) in [5, 5.41) is 15.2. The van der Waals surface area contributed by atoms with Gasteiger partial charge in [-0.1, -0.05) is 13.8 Å². The molecule has 3 heterocycles. The largest absolute Gasteiger partial charge is 0.494 e. The average molecular weight is 626 g/mol. The number of anilines is 5. The van der Waals surface area contributed by atoms with E-state index in [9.17, 15) is 23.7 Å². The molecule has 45 heavy (non-hydrogen) atoms. The van der Waals surface area contributed by atoms with E-state index in [2.05, 4.69) is 20.2 Å². The number of hydrogen-bond acceptors (Lipinski definition) is 11. The highest BCUT2D eigenvalue weighted by Crippen LogP contribution is 2.46. The predicted octanol–water partition coefficient (Wildman–Crippen LogP) is 5.55. The van der Waals surface area contributed by atoms with Gasteiger partial charge in [0.1, 0.15) is 17.0 Å². The van der Waals surface area contributed by atoms with Gasteiger partial charge in [0.05, 0.1) is 23.8 Å². The van der Waals surface area contributed by atoms with Crippen LogP contribution >= 0.6 is 0 Å². The number of methoxy groups -OCH3 is 1. The lowest BCUT2D eigenvalue weighted by molar-refractivity contribution is -0.384. The molecule has 1 N–H and O–H groups in total. The fraction of sp³-hybridized carbons (Fsp3) is 0.452. The van der Waals surface area contributed by atoms with Crippen molar-refractivity contribution in [1.82, 2.24) is 14.9 Å². The number of nitro groups is 1. The van der Waals surface area contributed by atoms with E-state index < -0.39 is 34.0 Å². The first-order valence-electron chi connectivity index (χ1n) is 14.6. The summed E-state index contributed by atoms with van der Waals surface area (Å²) in [7, 11) is 5.42. The Hall–Kier alpha value is -4.59. The standard InChI is InChI=1S/C31H37F2N7O5/c1-17(2)45-29(41)19-14-34-30(36-28(19)39-16-31(3,4)20-10-21(32)22(33)11-24(20)39)35-23-12-26(40(42)43)25(13-27(23)44-7)38-9-8-18(15-38)37(5)6/h10-14,17-18H,8-9,15-16H2,1-7H3,(H,34,35,36)/t18-/m1/s1. The van der Waals surface area contributed by atoms with E-state index in [-0.39, 0.29) is 41.3 Å². The van der Waals surface area contributed by atoms with Crippen LogP contribution in [0.15, 0.2) is 30.5 Å². The monoisotopic (exact) mass is 625 g/mol. The fourth-order valence-corrected chi connectivity index (χ4v) is 5.84. The predicted molar refractivity (Wildman–Crippen MR) is 166 cm³/mol. The highest BCUT2D eigenvalue weighted by Gasteiger charge is 2.39. The number of nitrogens with one attached hydrogen (secondary N) is 1. The van der Waals surface area contributed by atoms with Gasteiger partial charge in [0.15, 0.2) is 17.5 Å². The summed E-state index contributed by atoms with van der Waals surface area (Å²) in [6.45, 7) is 8.68. The van der Waals surface area contributed by atoms with Crippen molar-refractivity contribution in [2.75, 3.05) is 56.0 Å². The third kappa shape index (κ3) is 6.19. The third-order valence-electron chi connectivity index (χ3n) is 8.17. The number of esters is 1. The molecular weight excluding hydrogens is 588 g/mol. The third-order valence-corrected chi connectivity index (χ3v) is 8.17. The minimum atomic E-state index is -1.04. The topological polar surface area (TPSA) is 126 Å². The summed E-state index contributed by atoms with van der Waals surface area (Å²) in [5.74, 6) is -2.29. The van der Waals surface area contributed by atoms with Crippen molar-refractivity contribution in [2.45, 2.75) is 51.7 Å². The minimum Gasteiger partial charge on any atom is -0.494 e. The Morgan fingerprint density at radius 2 is 1.89 bits per heavy atom. The summed E-state index contributed by atoms with van der Waals surface area (Å²) in [5.41, 5.74) is 0.830. The fourth-order valence-electron chi connectivity index (χ4n) is 5.84. The number of benzene rings is 2. The number of likely N-dealkylation sites (N-methyl/N-ethyl adjacent to an activating group) is 1. The molecule has 1 saturated heterocycles. The number of fused-ring (bicyclic) bond motifs is 1. The van der Waals surface area contributed by atoms with Gasteiger partial charge in [0.25, 0.3) is 5.69 Å². The van der Waals surface area contributed by atoms with E-state index in [1.807, 2.05) is 32.8 Å². The summed E-state index contributed by atoms with van der Waals surface area (Å²) in [6, 6.07) is 5.48. The van der Waals surface area contributed by atoms with Gasteiger partial charge >= 0.3 is 5.97 Å². The molecule has 14 heteroatoms. The molecular formula is C31H37F2N7O5. The van der Waals surface area contributed by atoms with Crippen molar-refractivity contribution in [3.63, 3.8) is 0 Å². The Kier molecular flexibility index (Phi) is 8.53. The Labute approximate surface area is 260 Å². The highest BCUT2D eigenvalue weighted by atomic mass is 19.2. The lowest BCUT2D eigenvalue weighted by Gasteiger charge is -2.24. The lowest BCUT2D eigenvalue weighted by atomic mass is 9.87. The molecule has 0 saturated carbocycles. The van der Waals surface area contributed by atoms with Gasteiger partial charge in [0.2, 0.25) is 5.95 Å². The number of carbonyl (C=O) groups excluding carboxylic acids is 1. The van der Waals surface area contributed by atoms with E-state index in [1.54, 1.807) is 24.8 Å². The molecule has 0 bridgehead atoms. The average Bonchev–Trinajstić information content (AvgIpc) is 3.56. The lowest BCUT2D eigenvalue weighted by Crippen LogP contribution is -2.31. The molecule has 0 amide bonds. The minimum absolute atomic E-state index is 0.00544. The zero-order chi connectivity index (χ0) is 32.8. The van der Waals surface area contributed by atoms with Crippen molar-refractivity contribution >= 4 is 40.5 Å². The van der Waals surface area contributed by atoms with Crippen LogP contribution in [0.1, 0.15) is 50.0 Å². The van der Waals surface area contributed by atoms with Crippen molar-refractivity contribution in [2.24, 2.45) is 0 Å². The molecule has 5 rings (SSSR count). The number of nitrogens with zero attached hydrogens (tertiary/aromatic N) is 6. The van der Waals surface area contributed by atoms with E-state index in [4.69, 9.17) is 9.47 Å². The molecule has 12 nitrogen and oxygen atoms in total. The smallest absolute Gasteiger partial charge is 0.343 e. The summed E-state index contributed by atoms with van der Waals surface area (Å²) in [6.07, 6.45) is 1.70. The van der Waals surface area contributed by atoms with Crippen molar-refractivity contribution in [1.29, 1.82) is 0 Å². The SMILES string of the molecule is COc1cc(N2CC[C@@H](N(C)C)C2)c([N+](=O)[O-])cc1Nc1ncc(C(=O)OC(C)C)c(N2CC(C)(C)c3cc(F)c(F)cc32)n1. The molecule has 0 aliphatic carbocycles. The van der Waals surface area contributed by atoms with Crippen molar-refractivity contribution in [3.05, 3.63) is 63.3 Å². The van der Waals surface area contributed by atoms with E-state index >= 15 is 0 Å². The summed E-state index contributed by atoms with van der Waals surface area (Å²) < 4.78 is 39.8. The van der Waals surface area contributed by atoms with Gasteiger partial charge < -0.3 is 29.5 Å². The number of carbonyl (C=O) groups is 1. The molecule has 0 unspecified atom stereocenters. The van der Waals surface area contributed by atoms with Gasteiger partial charge in [-0.05, 0) is 46.0 Å². The number of rotatable bonds is 9. The first-order chi connectivity index (χ1) is 21.2. The molecule has 1 fully saturated rings. The number of aromatic nitrogens is 2. The Bertz CT molecular complexity index is 1650. The van der Waals surface area contributed by atoms with Crippen LogP contribution in [0.4, 0.5) is 43.3 Å². The first-order valence-corrected chi connectivity index (χ1v) is 14.6. The van der Waals surface area contributed by atoms with Crippen LogP contribution < -0.4 is 19.9 Å². The van der Waals surface area contributed by atoms with Gasteiger partial charge in [-0.2, -0.15) is 4.98 Å². The maximum atomic E-state index is 14.5. The van der Waals surface area contributed by atoms with E-state index in [1.165, 1.54) is 19.4 Å². The molecule has 0 radical (unpaired) electrons. The van der Waals surface area contributed by atoms with Gasteiger partial charge in [0, 0.05) is 61.2 Å². The highest BCUT2D eigenvalue weighted by molar-refractivity contribution is 5.96. The molecule has 1 aromatic heterocycles. The normalized spacial score (nSPS) is 17.2. The number of nitro benzene ring substituents is 1. The molecule has 3 aromatic rings. The van der Waals surface area contributed by atoms with Crippen LogP contribution in [-0.2, 0) is 10.2 Å². The van der Waals surface area contributed by atoms with Crippen LogP contribution in [0.3, 0.4) is 0 Å². The zero-order valence-electron chi connectivity index (χ0n) is 26.4. The molecule has 2 aromatic carbocycles. The van der Waals surface area contributed by atoms with Crippen molar-refractivity contribution in [3.8, 4) is 5.75 Å². The van der Waals surface area contributed by atoms with Crippen LogP contribution in [0.25, 0.3) is 0 Å². The van der Waals surface area contributed by atoms with Crippen LogP contribution in [0, 0.1) is 21.7 Å². The molecule has 1 atom stereocenters. The molecule has 0 spiro atoms. The van der Waals surface area contributed by atoms with E-state index in [0.29, 0.717) is 35.8 Å². The van der Waals surface area contributed by atoms with Crippen molar-refractivity contribution < 1.29 is 28.0 Å². The molecule has 2 aliphatic heterocycles. The van der Waals surface area contributed by atoms with Gasteiger partial charge in [-0.3, -0.25) is 10.1 Å². The molecule has 240 valence electrons. The Balaban J connectivity index is 1.58. The second-order valence-electron chi connectivity index (χ2n) is 12.4. The Morgan fingerprint density at radius 1 is 1.18 bits per heavy atom. The second kappa shape index (κ2) is 12.1. The van der Waals surface area contributed by atoms with Gasteiger partial charge in [-0.25, -0.2) is 18.6 Å². The number of hydrogen-bond donors (Lipinski definition) is 1. The maximum absolute atomic E-state index is 14.5. The maximum Gasteiger partial charge on any atom is 0.343 e. The van der Waals surface area contributed by atoms with Crippen LogP contribution in [0.2, 0.25) is 0 Å². The number of ether oxygens (including phenoxy) is 2. The van der Waals surface area contributed by atoms with Gasteiger partial charge in [-0.15, -0.1) is 0 Å². The number of halogens is 2. The second-order valence-corrected chi connectivity index (χ2v) is 12.4. The van der Waals surface area contributed by atoms with Crippen LogP contribution in [0.5, 0.6) is 5.75 Å². The summed E-state index contributed by atoms with van der Waals surface area (Å²) in [4.78, 5) is 39.5.